The molecule has 128 valence electrons. The van der Waals surface area contributed by atoms with Crippen molar-refractivity contribution in [3.63, 3.8) is 0 Å². The Morgan fingerprint density at radius 3 is 2.54 bits per heavy atom. The molecule has 1 heterocycles. The molecule has 0 unspecified atom stereocenters. The van der Waals surface area contributed by atoms with Crippen LogP contribution in [0, 0.1) is 6.92 Å². The van der Waals surface area contributed by atoms with Gasteiger partial charge in [-0.05, 0) is 37.3 Å². The van der Waals surface area contributed by atoms with Crippen molar-refractivity contribution < 1.29 is 0 Å². The number of anilines is 1. The van der Waals surface area contributed by atoms with Crippen LogP contribution >= 0.6 is 0 Å². The van der Waals surface area contributed by atoms with Crippen LogP contribution in [0.3, 0.4) is 0 Å². The minimum Gasteiger partial charge on any atom is -0.245 e. The van der Waals surface area contributed by atoms with E-state index in [9.17, 15) is 0 Å². The highest BCUT2D eigenvalue weighted by atomic mass is 15.4. The van der Waals surface area contributed by atoms with Gasteiger partial charge >= 0.3 is 0 Å². The van der Waals surface area contributed by atoms with Crippen LogP contribution in [0.5, 0.6) is 0 Å². The standard InChI is InChI=1S/C20H28N4/c1-7-10-16-13-14(2)21-19(22-16)24-23-15(3)17-11-8-9-12-18(17)20(4,5)6/h8-9,11-13H,7,10H2,1-6H3,(H,21,22,24). The molecular formula is C20H28N4. The van der Waals surface area contributed by atoms with E-state index in [-0.39, 0.29) is 5.41 Å². The van der Waals surface area contributed by atoms with E-state index in [1.54, 1.807) is 0 Å². The third kappa shape index (κ3) is 4.63. The summed E-state index contributed by atoms with van der Waals surface area (Å²) in [6.45, 7) is 12.8. The fourth-order valence-corrected chi connectivity index (χ4v) is 2.71. The van der Waals surface area contributed by atoms with Crippen LogP contribution < -0.4 is 5.43 Å². The summed E-state index contributed by atoms with van der Waals surface area (Å²) >= 11 is 0. The first kappa shape index (κ1) is 18.1. The third-order valence-electron chi connectivity index (χ3n) is 3.86. The lowest BCUT2D eigenvalue weighted by molar-refractivity contribution is 0.589. The number of nitrogens with one attached hydrogen (secondary N) is 1. The van der Waals surface area contributed by atoms with Gasteiger partial charge in [-0.15, -0.1) is 0 Å². The number of aryl methyl sites for hydroxylation is 2. The molecule has 1 N–H and O–H groups in total. The minimum atomic E-state index is 0.0709. The summed E-state index contributed by atoms with van der Waals surface area (Å²) in [4.78, 5) is 8.95. The Morgan fingerprint density at radius 2 is 1.88 bits per heavy atom. The van der Waals surface area contributed by atoms with Crippen LogP contribution in [0.1, 0.15) is 63.6 Å². The van der Waals surface area contributed by atoms with Crippen molar-refractivity contribution in [3.8, 4) is 0 Å². The van der Waals surface area contributed by atoms with E-state index in [0.717, 1.165) is 35.5 Å². The van der Waals surface area contributed by atoms with Crippen molar-refractivity contribution in [2.24, 2.45) is 5.10 Å². The molecule has 1 aromatic carbocycles. The fraction of sp³-hybridized carbons (Fsp3) is 0.450. The Bertz CT molecular complexity index is 727. The zero-order valence-electron chi connectivity index (χ0n) is 15.6. The first-order valence-corrected chi connectivity index (χ1v) is 8.56. The van der Waals surface area contributed by atoms with E-state index in [1.165, 1.54) is 5.56 Å². The molecule has 0 saturated carbocycles. The highest BCUT2D eigenvalue weighted by molar-refractivity contribution is 6.00. The van der Waals surface area contributed by atoms with Crippen molar-refractivity contribution >= 4 is 11.7 Å². The average molecular weight is 324 g/mol. The van der Waals surface area contributed by atoms with Crippen molar-refractivity contribution in [1.29, 1.82) is 0 Å². The molecule has 0 fully saturated rings. The number of aromatic nitrogens is 2. The molecule has 0 radical (unpaired) electrons. The smallest absolute Gasteiger partial charge is 0.243 e. The largest absolute Gasteiger partial charge is 0.245 e. The van der Waals surface area contributed by atoms with E-state index in [2.05, 4.69) is 66.4 Å². The number of nitrogens with zero attached hydrogens (tertiary/aromatic N) is 3. The van der Waals surface area contributed by atoms with Crippen molar-refractivity contribution in [2.45, 2.75) is 59.8 Å². The highest BCUT2D eigenvalue weighted by Gasteiger charge is 2.18. The molecule has 4 heteroatoms. The Balaban J connectivity index is 2.27. The molecular weight excluding hydrogens is 296 g/mol. The maximum absolute atomic E-state index is 4.53. The summed E-state index contributed by atoms with van der Waals surface area (Å²) in [5.41, 5.74) is 8.47. The van der Waals surface area contributed by atoms with Gasteiger partial charge in [-0.25, -0.2) is 15.4 Å². The Labute approximate surface area is 145 Å². The number of hydrazone groups is 1. The number of benzene rings is 1. The third-order valence-corrected chi connectivity index (χ3v) is 3.86. The summed E-state index contributed by atoms with van der Waals surface area (Å²) < 4.78 is 0. The number of rotatable bonds is 5. The summed E-state index contributed by atoms with van der Waals surface area (Å²) in [5.74, 6) is 0.561. The molecule has 0 spiro atoms. The predicted molar refractivity (Wildman–Crippen MR) is 102 cm³/mol. The molecule has 0 bridgehead atoms. The molecule has 0 aliphatic rings. The molecule has 0 aliphatic heterocycles. The van der Waals surface area contributed by atoms with Crippen molar-refractivity contribution in [3.05, 3.63) is 52.8 Å². The number of hydrogen-bond acceptors (Lipinski definition) is 4. The second kappa shape index (κ2) is 7.56. The molecule has 2 aromatic rings. The van der Waals surface area contributed by atoms with Crippen LogP contribution in [0.4, 0.5) is 5.95 Å². The lowest BCUT2D eigenvalue weighted by Crippen LogP contribution is -2.16. The van der Waals surface area contributed by atoms with Crippen LogP contribution in [-0.2, 0) is 11.8 Å². The monoisotopic (exact) mass is 324 g/mol. The maximum Gasteiger partial charge on any atom is 0.243 e. The Morgan fingerprint density at radius 1 is 1.17 bits per heavy atom. The second-order valence-corrected chi connectivity index (χ2v) is 7.18. The van der Waals surface area contributed by atoms with Gasteiger partial charge in [0, 0.05) is 17.0 Å². The maximum atomic E-state index is 4.53. The van der Waals surface area contributed by atoms with Gasteiger partial charge in [-0.1, -0.05) is 58.4 Å². The van der Waals surface area contributed by atoms with Crippen molar-refractivity contribution in [2.75, 3.05) is 5.43 Å². The summed E-state index contributed by atoms with van der Waals surface area (Å²) in [6, 6.07) is 10.4. The molecule has 4 nitrogen and oxygen atoms in total. The van der Waals surface area contributed by atoms with Gasteiger partial charge in [0.05, 0.1) is 5.71 Å². The van der Waals surface area contributed by atoms with Crippen LogP contribution in [-0.4, -0.2) is 15.7 Å². The van der Waals surface area contributed by atoms with Crippen molar-refractivity contribution in [1.82, 2.24) is 9.97 Å². The van der Waals surface area contributed by atoms with Crippen LogP contribution in [0.15, 0.2) is 35.4 Å². The van der Waals surface area contributed by atoms with E-state index < -0.39 is 0 Å². The summed E-state index contributed by atoms with van der Waals surface area (Å²) in [5, 5.41) is 4.52. The lowest BCUT2D eigenvalue weighted by Gasteiger charge is -2.22. The van der Waals surface area contributed by atoms with Gasteiger partial charge in [-0.2, -0.15) is 5.10 Å². The quantitative estimate of drug-likeness (QED) is 0.630. The van der Waals surface area contributed by atoms with E-state index in [0.29, 0.717) is 5.95 Å². The zero-order valence-corrected chi connectivity index (χ0v) is 15.6. The summed E-state index contributed by atoms with van der Waals surface area (Å²) in [6.07, 6.45) is 2.02. The molecule has 0 atom stereocenters. The van der Waals surface area contributed by atoms with Crippen LogP contribution in [0.25, 0.3) is 0 Å². The van der Waals surface area contributed by atoms with Gasteiger partial charge in [0.1, 0.15) is 0 Å². The number of hydrogen-bond donors (Lipinski definition) is 1. The topological polar surface area (TPSA) is 50.2 Å². The Kier molecular flexibility index (Phi) is 5.71. The summed E-state index contributed by atoms with van der Waals surface area (Å²) in [7, 11) is 0. The van der Waals surface area contributed by atoms with Gasteiger partial charge < -0.3 is 0 Å². The van der Waals surface area contributed by atoms with Gasteiger partial charge in [0.25, 0.3) is 0 Å². The molecule has 0 aliphatic carbocycles. The predicted octanol–water partition coefficient (Wildman–Crippen LogP) is 4.87. The molecule has 0 saturated heterocycles. The normalized spacial score (nSPS) is 12.3. The SMILES string of the molecule is CCCc1cc(C)nc(NN=C(C)c2ccccc2C(C)(C)C)n1. The first-order chi connectivity index (χ1) is 11.3. The molecule has 0 amide bonds. The Hall–Kier alpha value is -2.23. The molecule has 1 aromatic heterocycles. The fourth-order valence-electron chi connectivity index (χ4n) is 2.71. The van der Waals surface area contributed by atoms with E-state index >= 15 is 0 Å². The van der Waals surface area contributed by atoms with Crippen LogP contribution in [0.2, 0.25) is 0 Å². The van der Waals surface area contributed by atoms with E-state index in [1.807, 2.05) is 26.0 Å². The second-order valence-electron chi connectivity index (χ2n) is 7.18. The van der Waals surface area contributed by atoms with Gasteiger partial charge in [-0.3, -0.25) is 0 Å². The zero-order chi connectivity index (χ0) is 17.7. The van der Waals surface area contributed by atoms with E-state index in [4.69, 9.17) is 0 Å². The average Bonchev–Trinajstić information content (AvgIpc) is 2.51. The lowest BCUT2D eigenvalue weighted by atomic mass is 9.83. The minimum absolute atomic E-state index is 0.0709. The van der Waals surface area contributed by atoms with Gasteiger partial charge in [0.15, 0.2) is 0 Å². The molecule has 2 rings (SSSR count). The molecule has 24 heavy (non-hydrogen) atoms. The first-order valence-electron chi connectivity index (χ1n) is 8.56. The highest BCUT2D eigenvalue weighted by Crippen LogP contribution is 2.26. The van der Waals surface area contributed by atoms with Gasteiger partial charge in [0.2, 0.25) is 5.95 Å².